The molecule has 0 fully saturated rings. The molecule has 0 aliphatic rings. The van der Waals surface area contributed by atoms with Gasteiger partial charge in [0, 0.05) is 18.7 Å². The molecule has 1 aromatic rings. The first-order valence-electron chi connectivity index (χ1n) is 5.42. The zero-order chi connectivity index (χ0) is 12.8. The summed E-state index contributed by atoms with van der Waals surface area (Å²) in [5.41, 5.74) is 5.68. The van der Waals surface area contributed by atoms with Crippen LogP contribution in [0.3, 0.4) is 0 Å². The van der Waals surface area contributed by atoms with Crippen molar-refractivity contribution in [2.45, 2.75) is 25.8 Å². The Labute approximate surface area is 98.5 Å². The van der Waals surface area contributed by atoms with Gasteiger partial charge in [0.1, 0.15) is 0 Å². The van der Waals surface area contributed by atoms with E-state index in [4.69, 9.17) is 5.73 Å². The van der Waals surface area contributed by atoms with Crippen LogP contribution in [0.5, 0.6) is 0 Å². The molecule has 0 aliphatic heterocycles. The fourth-order valence-electron chi connectivity index (χ4n) is 1.48. The maximum absolute atomic E-state index is 11.7. The Balaban J connectivity index is 2.65. The molecule has 4 N–H and O–H groups in total. The molecule has 0 spiro atoms. The van der Waals surface area contributed by atoms with Gasteiger partial charge in [-0.3, -0.25) is 4.79 Å². The fraction of sp³-hybridized carbons (Fsp3) is 0.500. The van der Waals surface area contributed by atoms with Gasteiger partial charge < -0.3 is 21.2 Å². The second kappa shape index (κ2) is 6.00. The third kappa shape index (κ3) is 3.56. The molecule has 0 aromatic carbocycles. The standard InChI is InChI=1S/C10H16N4O3/c1-2-3-7(6-11)12-10(15)8-4-5-9(13-8)14(16)17/h4-5,7,13H,2-3,6,11H2,1H3,(H,12,15). The topological polar surface area (TPSA) is 114 Å². The summed E-state index contributed by atoms with van der Waals surface area (Å²) in [6.07, 6.45) is 1.69. The molecule has 1 atom stereocenters. The summed E-state index contributed by atoms with van der Waals surface area (Å²) in [5.74, 6) is -0.572. The van der Waals surface area contributed by atoms with Crippen molar-refractivity contribution in [2.75, 3.05) is 6.54 Å². The number of aromatic amines is 1. The van der Waals surface area contributed by atoms with E-state index >= 15 is 0 Å². The lowest BCUT2D eigenvalue weighted by atomic mass is 10.1. The number of nitrogens with one attached hydrogen (secondary N) is 2. The molecule has 0 bridgehead atoms. The van der Waals surface area contributed by atoms with E-state index in [2.05, 4.69) is 10.3 Å². The van der Waals surface area contributed by atoms with Gasteiger partial charge >= 0.3 is 5.82 Å². The number of amides is 1. The summed E-state index contributed by atoms with van der Waals surface area (Å²) in [5, 5.41) is 13.2. The number of nitro groups is 1. The SMILES string of the molecule is CCCC(CN)NC(=O)c1ccc([N+](=O)[O-])[nH]1. The van der Waals surface area contributed by atoms with Gasteiger partial charge in [0.25, 0.3) is 5.91 Å². The minimum atomic E-state index is -0.580. The molecule has 94 valence electrons. The predicted octanol–water partition coefficient (Wildman–Crippen LogP) is 0.780. The second-order valence-electron chi connectivity index (χ2n) is 3.71. The van der Waals surface area contributed by atoms with Gasteiger partial charge in [-0.25, -0.2) is 4.98 Å². The average Bonchev–Trinajstić information content (AvgIpc) is 2.77. The molecule has 0 radical (unpaired) electrons. The molecule has 7 heteroatoms. The van der Waals surface area contributed by atoms with Crippen molar-refractivity contribution in [1.82, 2.24) is 10.3 Å². The molecule has 1 heterocycles. The van der Waals surface area contributed by atoms with Crippen LogP contribution in [0.15, 0.2) is 12.1 Å². The molecule has 1 unspecified atom stereocenters. The summed E-state index contributed by atoms with van der Waals surface area (Å²) in [7, 11) is 0. The van der Waals surface area contributed by atoms with Crippen LogP contribution in [0.1, 0.15) is 30.3 Å². The lowest BCUT2D eigenvalue weighted by Gasteiger charge is -2.14. The number of carbonyl (C=O) groups is 1. The van der Waals surface area contributed by atoms with Crippen molar-refractivity contribution in [1.29, 1.82) is 0 Å². The van der Waals surface area contributed by atoms with Gasteiger partial charge in [-0.05, 0) is 17.4 Å². The average molecular weight is 240 g/mol. The maximum Gasteiger partial charge on any atom is 0.321 e. The largest absolute Gasteiger partial charge is 0.358 e. The fourth-order valence-corrected chi connectivity index (χ4v) is 1.48. The second-order valence-corrected chi connectivity index (χ2v) is 3.71. The molecular formula is C10H16N4O3. The van der Waals surface area contributed by atoms with Crippen LogP contribution >= 0.6 is 0 Å². The van der Waals surface area contributed by atoms with Crippen molar-refractivity contribution in [3.8, 4) is 0 Å². The third-order valence-corrected chi connectivity index (χ3v) is 2.37. The monoisotopic (exact) mass is 240 g/mol. The molecule has 0 saturated carbocycles. The van der Waals surface area contributed by atoms with Crippen molar-refractivity contribution in [2.24, 2.45) is 5.73 Å². The van der Waals surface area contributed by atoms with Crippen LogP contribution in [-0.4, -0.2) is 28.4 Å². The predicted molar refractivity (Wildman–Crippen MR) is 62.7 cm³/mol. The summed E-state index contributed by atoms with van der Waals surface area (Å²) in [6.45, 7) is 2.34. The lowest BCUT2D eigenvalue weighted by molar-refractivity contribution is -0.389. The highest BCUT2D eigenvalue weighted by molar-refractivity contribution is 5.93. The van der Waals surface area contributed by atoms with E-state index in [9.17, 15) is 14.9 Å². The number of carbonyl (C=O) groups excluding carboxylic acids is 1. The van der Waals surface area contributed by atoms with Crippen LogP contribution in [0.4, 0.5) is 5.82 Å². The van der Waals surface area contributed by atoms with Crippen molar-refractivity contribution >= 4 is 11.7 Å². The van der Waals surface area contributed by atoms with Gasteiger partial charge in [0.15, 0.2) is 5.69 Å². The molecule has 0 saturated heterocycles. The smallest absolute Gasteiger partial charge is 0.321 e. The molecular weight excluding hydrogens is 224 g/mol. The van der Waals surface area contributed by atoms with Crippen LogP contribution in [0, 0.1) is 10.1 Å². The number of aromatic nitrogens is 1. The van der Waals surface area contributed by atoms with Crippen LogP contribution in [0.25, 0.3) is 0 Å². The Morgan fingerprint density at radius 1 is 1.65 bits per heavy atom. The maximum atomic E-state index is 11.7. The summed E-state index contributed by atoms with van der Waals surface area (Å²) in [4.78, 5) is 24.0. The Morgan fingerprint density at radius 2 is 2.35 bits per heavy atom. The molecule has 1 rings (SSSR count). The number of hydrogen-bond acceptors (Lipinski definition) is 4. The molecule has 0 aliphatic carbocycles. The summed E-state index contributed by atoms with van der Waals surface area (Å²) >= 11 is 0. The first-order chi connectivity index (χ1) is 8.08. The van der Waals surface area contributed by atoms with E-state index in [0.717, 1.165) is 12.8 Å². The number of rotatable bonds is 6. The van der Waals surface area contributed by atoms with Crippen LogP contribution < -0.4 is 11.1 Å². The lowest BCUT2D eigenvalue weighted by Crippen LogP contribution is -2.40. The van der Waals surface area contributed by atoms with E-state index < -0.39 is 4.92 Å². The number of nitrogens with two attached hydrogens (primary N) is 1. The van der Waals surface area contributed by atoms with Crippen LogP contribution in [0.2, 0.25) is 0 Å². The van der Waals surface area contributed by atoms with Gasteiger partial charge in [0.05, 0.1) is 0 Å². The molecule has 7 nitrogen and oxygen atoms in total. The van der Waals surface area contributed by atoms with Gasteiger partial charge in [-0.15, -0.1) is 0 Å². The number of hydrogen-bond donors (Lipinski definition) is 3. The molecule has 1 amide bonds. The van der Waals surface area contributed by atoms with Crippen molar-refractivity contribution in [3.63, 3.8) is 0 Å². The third-order valence-electron chi connectivity index (χ3n) is 2.37. The van der Waals surface area contributed by atoms with E-state index in [-0.39, 0.29) is 23.5 Å². The quantitative estimate of drug-likeness (QED) is 0.503. The van der Waals surface area contributed by atoms with E-state index in [1.54, 1.807) is 0 Å². The Kier molecular flexibility index (Phi) is 4.65. The number of nitrogens with zero attached hydrogens (tertiary/aromatic N) is 1. The first-order valence-corrected chi connectivity index (χ1v) is 5.42. The highest BCUT2D eigenvalue weighted by Gasteiger charge is 2.17. The van der Waals surface area contributed by atoms with Crippen molar-refractivity contribution < 1.29 is 9.72 Å². The van der Waals surface area contributed by atoms with Gasteiger partial charge in [-0.2, -0.15) is 0 Å². The zero-order valence-corrected chi connectivity index (χ0v) is 9.60. The highest BCUT2D eigenvalue weighted by atomic mass is 16.6. The van der Waals surface area contributed by atoms with Crippen LogP contribution in [-0.2, 0) is 0 Å². The minimum Gasteiger partial charge on any atom is -0.358 e. The summed E-state index contributed by atoms with van der Waals surface area (Å²) in [6, 6.07) is 2.54. The van der Waals surface area contributed by atoms with Gasteiger partial charge in [-0.1, -0.05) is 13.3 Å². The highest BCUT2D eigenvalue weighted by Crippen LogP contribution is 2.10. The Morgan fingerprint density at radius 3 is 2.82 bits per heavy atom. The van der Waals surface area contributed by atoms with Crippen molar-refractivity contribution in [3.05, 3.63) is 27.9 Å². The zero-order valence-electron chi connectivity index (χ0n) is 9.60. The van der Waals surface area contributed by atoms with E-state index in [0.29, 0.717) is 6.54 Å². The van der Waals surface area contributed by atoms with E-state index in [1.165, 1.54) is 12.1 Å². The summed E-state index contributed by atoms with van der Waals surface area (Å²) < 4.78 is 0. The normalized spacial score (nSPS) is 12.1. The number of H-pyrrole nitrogens is 1. The van der Waals surface area contributed by atoms with E-state index in [1.807, 2.05) is 6.92 Å². The minimum absolute atomic E-state index is 0.102. The Hall–Kier alpha value is -1.89. The molecule has 17 heavy (non-hydrogen) atoms. The Bertz CT molecular complexity index is 402. The molecule has 1 aromatic heterocycles. The first kappa shape index (κ1) is 13.2. The van der Waals surface area contributed by atoms with Gasteiger partial charge in [0.2, 0.25) is 0 Å².